The maximum absolute atomic E-state index is 9.07. The van der Waals surface area contributed by atoms with Gasteiger partial charge in [-0.15, -0.1) is 34.0 Å². The minimum Gasteiger partial charge on any atom is -0.351 e. The first-order chi connectivity index (χ1) is 35.2. The molecule has 0 saturated carbocycles. The average molecular weight is 1030 g/mol. The number of thiazole rings is 3. The Morgan fingerprint density at radius 3 is 1.44 bits per heavy atom. The van der Waals surface area contributed by atoms with Crippen molar-refractivity contribution in [2.75, 3.05) is 0 Å². The Kier molecular flexibility index (Phi) is 29.9. The third kappa shape index (κ3) is 18.4. The predicted molar refractivity (Wildman–Crippen MR) is 322 cm³/mol. The molecule has 5 heterocycles. The quantitative estimate of drug-likeness (QED) is 0.170. The second-order valence-electron chi connectivity index (χ2n) is 16.4. The highest BCUT2D eigenvalue weighted by molar-refractivity contribution is 7.17. The summed E-state index contributed by atoms with van der Waals surface area (Å²) in [6, 6.07) is 37.9. The lowest BCUT2D eigenvalue weighted by molar-refractivity contribution is 0.591. The summed E-state index contributed by atoms with van der Waals surface area (Å²) in [4.78, 5) is 12.7. The molecule has 8 nitrogen and oxygen atoms in total. The van der Waals surface area contributed by atoms with Crippen LogP contribution in [0.2, 0.25) is 0 Å². The van der Waals surface area contributed by atoms with Crippen LogP contribution in [0.4, 0.5) is 0 Å². The Hall–Kier alpha value is -6.68. The van der Waals surface area contributed by atoms with Crippen LogP contribution >= 0.6 is 34.0 Å². The van der Waals surface area contributed by atoms with E-state index in [1.54, 1.807) is 16.5 Å². The molecule has 0 amide bonds. The molecule has 10 rings (SSSR count). The molecule has 0 aliphatic rings. The van der Waals surface area contributed by atoms with Crippen molar-refractivity contribution in [2.45, 2.75) is 135 Å². The van der Waals surface area contributed by atoms with E-state index in [1.165, 1.54) is 72.5 Å². The molecule has 0 unspecified atom stereocenters. The molecule has 0 spiro atoms. The Morgan fingerprint density at radius 1 is 0.534 bits per heavy atom. The molecule has 5 aromatic heterocycles. The number of para-hydroxylation sites is 1. The standard InChI is InChI=1S/C12H12N2S.C11H10N2S.C10H8N2S.C10H11N.C9H9N.5C2H6/c1-12(2,3)9-4-8(6-13)11-10(5-9)14-7-15-11;1-7(2)8-3-9(5-12)11-10(4-8)13-6-14-11;1-2-7-3-8(5-11)10-9(4-7)12-6-13-10;1-8-3-4-10-9(7-8)5-6-11(10)2;1-10-7-6-8-4-2-3-5-9(8)10;5*1-2/h4-5,7H,1-3H3;3-4,6-7H,1-2H3;3-4,6H,2H2,1H3;3-7H,1-2H3;2-7H,1H3;5*1-2H3. The first-order valence-electron chi connectivity index (χ1n) is 25.6. The molecule has 0 fully saturated rings. The third-order valence-corrected chi connectivity index (χ3v) is 13.1. The fraction of sp³-hybridized carbons (Fsp3) is 0.355. The van der Waals surface area contributed by atoms with Crippen molar-refractivity contribution in [3.8, 4) is 18.2 Å². The first kappa shape index (κ1) is 64.3. The van der Waals surface area contributed by atoms with Crippen LogP contribution in [0.15, 0.2) is 120 Å². The zero-order chi connectivity index (χ0) is 55.3. The highest BCUT2D eigenvalue weighted by Crippen LogP contribution is 2.31. The molecule has 0 aliphatic carbocycles. The number of nitriles is 3. The second kappa shape index (κ2) is 33.9. The van der Waals surface area contributed by atoms with Crippen LogP contribution in [0, 0.1) is 40.9 Å². The molecular formula is C62H80N8S3. The van der Waals surface area contributed by atoms with Gasteiger partial charge in [-0.05, 0) is 119 Å². The summed E-state index contributed by atoms with van der Waals surface area (Å²) in [6.45, 7) is 34.9. The maximum Gasteiger partial charge on any atom is 0.101 e. The van der Waals surface area contributed by atoms with Gasteiger partial charge in [0.15, 0.2) is 0 Å². The van der Waals surface area contributed by atoms with Crippen LogP contribution in [-0.2, 0) is 25.9 Å². The molecule has 5 aromatic carbocycles. The van der Waals surface area contributed by atoms with Crippen LogP contribution < -0.4 is 0 Å². The van der Waals surface area contributed by atoms with E-state index in [1.807, 2.05) is 93.5 Å². The molecule has 10 aromatic rings. The lowest BCUT2D eigenvalue weighted by atomic mass is 9.86. The number of nitrogens with zero attached hydrogens (tertiary/aromatic N) is 8. The lowest BCUT2D eigenvalue weighted by Gasteiger charge is -2.19. The molecule has 386 valence electrons. The highest BCUT2D eigenvalue weighted by Gasteiger charge is 2.17. The summed E-state index contributed by atoms with van der Waals surface area (Å²) >= 11 is 4.57. The smallest absolute Gasteiger partial charge is 0.101 e. The Balaban J connectivity index is 0.000000439. The third-order valence-electron chi connectivity index (χ3n) is 10.5. The van der Waals surface area contributed by atoms with E-state index in [9.17, 15) is 0 Å². The Labute approximate surface area is 450 Å². The van der Waals surface area contributed by atoms with Gasteiger partial charge in [-0.2, -0.15) is 15.8 Å². The molecule has 0 atom stereocenters. The summed E-state index contributed by atoms with van der Waals surface area (Å²) in [6.07, 6.45) is 5.11. The van der Waals surface area contributed by atoms with E-state index in [4.69, 9.17) is 15.8 Å². The van der Waals surface area contributed by atoms with Gasteiger partial charge in [0.1, 0.15) is 18.2 Å². The number of hydrogen-bond donors (Lipinski definition) is 0. The molecule has 11 heteroatoms. The SMILES string of the molecule is CC.CC.CC.CC.CC.CC(C)(C)c1cc(C#N)c2scnc2c1.CC(C)c1cc(C#N)c2scnc2c1.CCc1cc(C#N)c2scnc2c1.Cc1ccc2c(ccn2C)c1.Cn1ccc2ccccc21. The van der Waals surface area contributed by atoms with E-state index in [-0.39, 0.29) is 5.41 Å². The summed E-state index contributed by atoms with van der Waals surface area (Å²) in [7, 11) is 4.12. The van der Waals surface area contributed by atoms with Crippen LogP contribution in [0.5, 0.6) is 0 Å². The minimum absolute atomic E-state index is 0.0589. The van der Waals surface area contributed by atoms with E-state index in [2.05, 4.69) is 184 Å². The first-order valence-corrected chi connectivity index (χ1v) is 28.2. The van der Waals surface area contributed by atoms with Crippen LogP contribution in [-0.4, -0.2) is 24.1 Å². The zero-order valence-corrected chi connectivity index (χ0v) is 49.6. The van der Waals surface area contributed by atoms with Gasteiger partial charge in [-0.25, -0.2) is 15.0 Å². The number of hydrogen-bond acceptors (Lipinski definition) is 9. The van der Waals surface area contributed by atoms with Crippen molar-refractivity contribution < 1.29 is 0 Å². The normalized spacial score (nSPS) is 9.71. The summed E-state index contributed by atoms with van der Waals surface area (Å²) in [5, 5.41) is 29.6. The Bertz CT molecular complexity index is 3280. The van der Waals surface area contributed by atoms with Crippen molar-refractivity contribution in [3.05, 3.63) is 159 Å². The number of aryl methyl sites for hydroxylation is 4. The van der Waals surface area contributed by atoms with Gasteiger partial charge in [0.25, 0.3) is 0 Å². The van der Waals surface area contributed by atoms with Crippen LogP contribution in [0.25, 0.3) is 52.5 Å². The number of benzene rings is 5. The van der Waals surface area contributed by atoms with E-state index >= 15 is 0 Å². The van der Waals surface area contributed by atoms with Crippen LogP contribution in [0.1, 0.15) is 156 Å². The van der Waals surface area contributed by atoms with Gasteiger partial charge in [-0.1, -0.05) is 141 Å². The number of rotatable bonds is 2. The number of aromatic nitrogens is 5. The molecule has 0 N–H and O–H groups in total. The molecule has 0 bridgehead atoms. The lowest BCUT2D eigenvalue weighted by Crippen LogP contribution is -2.11. The summed E-state index contributed by atoms with van der Waals surface area (Å²) < 4.78 is 7.24. The van der Waals surface area contributed by atoms with E-state index < -0.39 is 0 Å². The van der Waals surface area contributed by atoms with Crippen molar-refractivity contribution >= 4 is 86.5 Å². The topological polar surface area (TPSA) is 120 Å². The maximum atomic E-state index is 9.07. The van der Waals surface area contributed by atoms with Gasteiger partial charge < -0.3 is 9.13 Å². The molecule has 0 saturated heterocycles. The molecule has 0 radical (unpaired) electrons. The van der Waals surface area contributed by atoms with Crippen LogP contribution in [0.3, 0.4) is 0 Å². The summed E-state index contributed by atoms with van der Waals surface area (Å²) in [5.74, 6) is 0.438. The van der Waals surface area contributed by atoms with Crippen molar-refractivity contribution in [1.82, 2.24) is 24.1 Å². The fourth-order valence-electron chi connectivity index (χ4n) is 6.83. The van der Waals surface area contributed by atoms with Crippen molar-refractivity contribution in [3.63, 3.8) is 0 Å². The predicted octanol–water partition coefficient (Wildman–Crippen LogP) is 19.3. The van der Waals surface area contributed by atoms with E-state index in [0.717, 1.165) is 59.3 Å². The van der Waals surface area contributed by atoms with Gasteiger partial charge >= 0.3 is 0 Å². The number of fused-ring (bicyclic) bond motifs is 5. The second-order valence-corrected chi connectivity index (χ2v) is 19.0. The zero-order valence-electron chi connectivity index (χ0n) is 47.1. The molecule has 73 heavy (non-hydrogen) atoms. The fourth-order valence-corrected chi connectivity index (χ4v) is 9.04. The minimum atomic E-state index is 0.0589. The van der Waals surface area contributed by atoms with Gasteiger partial charge in [0.2, 0.25) is 0 Å². The van der Waals surface area contributed by atoms with E-state index in [0.29, 0.717) is 5.92 Å². The Morgan fingerprint density at radius 2 is 0.973 bits per heavy atom. The van der Waals surface area contributed by atoms with Crippen molar-refractivity contribution in [2.24, 2.45) is 14.1 Å². The van der Waals surface area contributed by atoms with Gasteiger partial charge in [0, 0.05) is 37.5 Å². The van der Waals surface area contributed by atoms with Crippen molar-refractivity contribution in [1.29, 1.82) is 15.8 Å². The van der Waals surface area contributed by atoms with Gasteiger partial charge in [0.05, 0.1) is 63.9 Å². The molecule has 0 aliphatic heterocycles. The van der Waals surface area contributed by atoms with Gasteiger partial charge in [-0.3, -0.25) is 0 Å². The largest absolute Gasteiger partial charge is 0.351 e. The average Bonchev–Trinajstić information content (AvgIpc) is 4.31. The molecular weight excluding hydrogens is 953 g/mol. The monoisotopic (exact) mass is 1030 g/mol. The summed E-state index contributed by atoms with van der Waals surface area (Å²) in [5.41, 5.74) is 17.9. The highest BCUT2D eigenvalue weighted by atomic mass is 32.1.